The van der Waals surface area contributed by atoms with E-state index in [9.17, 15) is 14.7 Å². The van der Waals surface area contributed by atoms with Crippen LogP contribution in [0.5, 0.6) is 17.2 Å². The van der Waals surface area contributed by atoms with Crippen molar-refractivity contribution in [3.63, 3.8) is 0 Å². The predicted octanol–water partition coefficient (Wildman–Crippen LogP) is 5.04. The predicted molar refractivity (Wildman–Crippen MR) is 130 cm³/mol. The standard InChI is InChI=1S/C26H24BrNO6/c1-32-20-12-15(13-21(33-2)24(20)34-3)14-28-23(16-8-10-17(27)11-9-16)22(26(30)31)18-6-4-5-7-19(18)25(28)29/h4-13,22-23H,14H2,1-3H3,(H,30,31). The van der Waals surface area contributed by atoms with E-state index in [1.54, 1.807) is 41.3 Å². The molecule has 0 saturated heterocycles. The maximum atomic E-state index is 13.7. The van der Waals surface area contributed by atoms with Crippen LogP contribution in [0.4, 0.5) is 0 Å². The van der Waals surface area contributed by atoms with Gasteiger partial charge in [0.25, 0.3) is 5.91 Å². The summed E-state index contributed by atoms with van der Waals surface area (Å²) in [6.07, 6.45) is 0. The lowest BCUT2D eigenvalue weighted by molar-refractivity contribution is -0.140. The van der Waals surface area contributed by atoms with E-state index in [1.165, 1.54) is 21.3 Å². The van der Waals surface area contributed by atoms with Gasteiger partial charge in [0.05, 0.1) is 27.4 Å². The van der Waals surface area contributed by atoms with Crippen molar-refractivity contribution in [3.05, 3.63) is 87.4 Å². The molecule has 1 N–H and O–H groups in total. The van der Waals surface area contributed by atoms with Gasteiger partial charge in [-0.1, -0.05) is 46.3 Å². The zero-order valence-electron chi connectivity index (χ0n) is 18.9. The SMILES string of the molecule is COc1cc(CN2C(=O)c3ccccc3C(C(=O)O)C2c2ccc(Br)cc2)cc(OC)c1OC. The molecule has 34 heavy (non-hydrogen) atoms. The van der Waals surface area contributed by atoms with E-state index in [0.29, 0.717) is 33.9 Å². The second-order valence-corrected chi connectivity index (χ2v) is 8.78. The Labute approximate surface area is 206 Å². The number of hydrogen-bond donors (Lipinski definition) is 1. The van der Waals surface area contributed by atoms with Gasteiger partial charge >= 0.3 is 5.97 Å². The summed E-state index contributed by atoms with van der Waals surface area (Å²) in [4.78, 5) is 27.9. The van der Waals surface area contributed by atoms with Gasteiger partial charge in [-0.2, -0.15) is 0 Å². The van der Waals surface area contributed by atoms with Crippen molar-refractivity contribution < 1.29 is 28.9 Å². The number of aliphatic carboxylic acids is 1. The van der Waals surface area contributed by atoms with Crippen molar-refractivity contribution >= 4 is 27.8 Å². The molecule has 8 heteroatoms. The molecule has 1 aliphatic rings. The molecule has 0 bridgehead atoms. The summed E-state index contributed by atoms with van der Waals surface area (Å²) in [6.45, 7) is 0.147. The number of benzene rings is 3. The summed E-state index contributed by atoms with van der Waals surface area (Å²) >= 11 is 3.43. The molecular weight excluding hydrogens is 502 g/mol. The fourth-order valence-electron chi connectivity index (χ4n) is 4.49. The second-order valence-electron chi connectivity index (χ2n) is 7.87. The Morgan fingerprint density at radius 3 is 2.15 bits per heavy atom. The Hall–Kier alpha value is -3.52. The van der Waals surface area contributed by atoms with Crippen LogP contribution in [0.15, 0.2) is 65.1 Å². The van der Waals surface area contributed by atoms with Gasteiger partial charge in [-0.25, -0.2) is 0 Å². The van der Waals surface area contributed by atoms with E-state index >= 15 is 0 Å². The number of carboxylic acids is 1. The van der Waals surface area contributed by atoms with E-state index in [4.69, 9.17) is 14.2 Å². The third kappa shape index (κ3) is 4.21. The molecule has 0 radical (unpaired) electrons. The molecule has 4 rings (SSSR count). The van der Waals surface area contributed by atoms with Gasteiger partial charge in [0.1, 0.15) is 5.92 Å². The molecule has 176 valence electrons. The zero-order chi connectivity index (χ0) is 24.4. The number of nitrogens with zero attached hydrogens (tertiary/aromatic N) is 1. The van der Waals surface area contributed by atoms with Crippen LogP contribution in [-0.2, 0) is 11.3 Å². The first kappa shape index (κ1) is 23.6. The number of rotatable bonds is 7. The highest BCUT2D eigenvalue weighted by molar-refractivity contribution is 9.10. The molecule has 7 nitrogen and oxygen atoms in total. The lowest BCUT2D eigenvalue weighted by Gasteiger charge is -2.41. The molecule has 3 aromatic carbocycles. The minimum Gasteiger partial charge on any atom is -0.493 e. The fourth-order valence-corrected chi connectivity index (χ4v) is 4.75. The average Bonchev–Trinajstić information content (AvgIpc) is 2.85. The average molecular weight is 526 g/mol. The molecule has 0 fully saturated rings. The number of fused-ring (bicyclic) bond motifs is 1. The van der Waals surface area contributed by atoms with Crippen molar-refractivity contribution in [1.82, 2.24) is 4.90 Å². The smallest absolute Gasteiger partial charge is 0.313 e. The van der Waals surface area contributed by atoms with E-state index < -0.39 is 17.9 Å². The lowest BCUT2D eigenvalue weighted by Crippen LogP contribution is -2.44. The molecule has 0 aliphatic carbocycles. The monoisotopic (exact) mass is 525 g/mol. The highest BCUT2D eigenvalue weighted by Crippen LogP contribution is 2.45. The number of carbonyl (C=O) groups excluding carboxylic acids is 1. The van der Waals surface area contributed by atoms with Gasteiger partial charge in [0, 0.05) is 16.6 Å². The van der Waals surface area contributed by atoms with Crippen molar-refractivity contribution in [2.24, 2.45) is 0 Å². The molecule has 3 aromatic rings. The first-order chi connectivity index (χ1) is 16.4. The normalized spacial score (nSPS) is 17.2. The highest BCUT2D eigenvalue weighted by atomic mass is 79.9. The Morgan fingerprint density at radius 2 is 1.59 bits per heavy atom. The third-order valence-corrected chi connectivity index (χ3v) is 6.52. The maximum absolute atomic E-state index is 13.7. The van der Waals surface area contributed by atoms with Crippen LogP contribution in [0.3, 0.4) is 0 Å². The topological polar surface area (TPSA) is 85.3 Å². The van der Waals surface area contributed by atoms with Crippen molar-refractivity contribution in [3.8, 4) is 17.2 Å². The quantitative estimate of drug-likeness (QED) is 0.465. The summed E-state index contributed by atoms with van der Waals surface area (Å²) in [5.74, 6) is -0.819. The molecule has 1 aliphatic heterocycles. The Kier molecular flexibility index (Phi) is 6.79. The molecule has 1 amide bonds. The van der Waals surface area contributed by atoms with E-state index in [1.807, 2.05) is 24.3 Å². The molecule has 2 atom stereocenters. The molecular formula is C26H24BrNO6. The molecule has 0 spiro atoms. The van der Waals surface area contributed by atoms with Crippen LogP contribution < -0.4 is 14.2 Å². The zero-order valence-corrected chi connectivity index (χ0v) is 20.5. The van der Waals surface area contributed by atoms with Crippen LogP contribution >= 0.6 is 15.9 Å². The number of halogens is 1. The number of hydrogen-bond acceptors (Lipinski definition) is 5. The van der Waals surface area contributed by atoms with E-state index in [2.05, 4.69) is 15.9 Å². The minimum absolute atomic E-state index is 0.147. The van der Waals surface area contributed by atoms with Crippen LogP contribution in [0, 0.1) is 0 Å². The largest absolute Gasteiger partial charge is 0.493 e. The van der Waals surface area contributed by atoms with Gasteiger partial charge in [-0.15, -0.1) is 0 Å². The lowest BCUT2D eigenvalue weighted by atomic mass is 9.79. The van der Waals surface area contributed by atoms with Crippen molar-refractivity contribution in [2.75, 3.05) is 21.3 Å². The van der Waals surface area contributed by atoms with Gasteiger partial charge < -0.3 is 24.2 Å². The Bertz CT molecular complexity index is 1200. The van der Waals surface area contributed by atoms with Gasteiger partial charge in [-0.3, -0.25) is 9.59 Å². The van der Waals surface area contributed by atoms with Crippen molar-refractivity contribution in [1.29, 1.82) is 0 Å². The minimum atomic E-state index is -0.997. The van der Waals surface area contributed by atoms with Crippen LogP contribution in [0.25, 0.3) is 0 Å². The first-order valence-corrected chi connectivity index (χ1v) is 11.4. The van der Waals surface area contributed by atoms with Crippen LogP contribution in [-0.4, -0.2) is 43.2 Å². The number of carboxylic acid groups (broad SMARTS) is 1. The highest BCUT2D eigenvalue weighted by Gasteiger charge is 2.44. The van der Waals surface area contributed by atoms with Crippen molar-refractivity contribution in [2.45, 2.75) is 18.5 Å². The number of carbonyl (C=O) groups is 2. The fraction of sp³-hybridized carbons (Fsp3) is 0.231. The van der Waals surface area contributed by atoms with Gasteiger partial charge in [0.15, 0.2) is 11.5 Å². The van der Waals surface area contributed by atoms with Crippen LogP contribution in [0.2, 0.25) is 0 Å². The van der Waals surface area contributed by atoms with Crippen LogP contribution in [0.1, 0.15) is 39.0 Å². The number of amides is 1. The molecule has 0 aromatic heterocycles. The van der Waals surface area contributed by atoms with Gasteiger partial charge in [-0.05, 0) is 47.0 Å². The first-order valence-electron chi connectivity index (χ1n) is 10.6. The molecule has 1 heterocycles. The van der Waals surface area contributed by atoms with Gasteiger partial charge in [0.2, 0.25) is 5.75 Å². The third-order valence-electron chi connectivity index (χ3n) is 5.99. The number of ether oxygens (including phenoxy) is 3. The Morgan fingerprint density at radius 1 is 0.971 bits per heavy atom. The maximum Gasteiger partial charge on any atom is 0.313 e. The second kappa shape index (κ2) is 9.77. The Balaban J connectivity index is 1.87. The summed E-state index contributed by atoms with van der Waals surface area (Å²) < 4.78 is 17.2. The summed E-state index contributed by atoms with van der Waals surface area (Å²) in [5, 5.41) is 10.3. The number of methoxy groups -OCH3 is 3. The van der Waals surface area contributed by atoms with E-state index in [0.717, 1.165) is 10.0 Å². The molecule has 2 unspecified atom stereocenters. The molecule has 0 saturated carbocycles. The summed E-state index contributed by atoms with van der Waals surface area (Å²) in [7, 11) is 4.56. The summed E-state index contributed by atoms with van der Waals surface area (Å²) in [5.41, 5.74) is 2.34. The van der Waals surface area contributed by atoms with E-state index in [-0.39, 0.29) is 12.5 Å². The summed E-state index contributed by atoms with van der Waals surface area (Å²) in [6, 6.07) is 17.1.